The van der Waals surface area contributed by atoms with E-state index in [1.54, 1.807) is 12.7 Å². The Bertz CT molecular complexity index is 2270. The third-order valence-corrected chi connectivity index (χ3v) is 10.7. The van der Waals surface area contributed by atoms with E-state index in [-0.39, 0.29) is 0 Å². The topological polar surface area (TPSA) is 106 Å². The Morgan fingerprint density at radius 1 is 0.527 bits per heavy atom. The molecule has 0 spiro atoms. The summed E-state index contributed by atoms with van der Waals surface area (Å²) in [5, 5.41) is 18.7. The molecule has 2 aromatic heterocycles. The Kier molecular flexibility index (Phi) is 12.9. The molecule has 0 unspecified atom stereocenters. The van der Waals surface area contributed by atoms with E-state index in [2.05, 4.69) is 51.0 Å². The molecular formula is C40H39Cl3N10S2. The molecule has 282 valence electrons. The number of thiocarbonyl (C=S) groups is 2. The van der Waals surface area contributed by atoms with E-state index in [0.29, 0.717) is 37.4 Å². The van der Waals surface area contributed by atoms with Crippen molar-refractivity contribution in [2.75, 3.05) is 46.6 Å². The molecule has 15 heteroatoms. The number of hydrogen-bond donors (Lipinski definition) is 4. The number of para-hydroxylation sites is 1. The molecule has 4 aromatic carbocycles. The lowest BCUT2D eigenvalue weighted by molar-refractivity contribution is 0.466. The van der Waals surface area contributed by atoms with Crippen LogP contribution in [0.2, 0.25) is 15.1 Å². The van der Waals surface area contributed by atoms with Crippen molar-refractivity contribution < 1.29 is 0 Å². The first-order chi connectivity index (χ1) is 26.8. The molecule has 0 saturated carbocycles. The van der Waals surface area contributed by atoms with Crippen molar-refractivity contribution >= 4 is 114 Å². The van der Waals surface area contributed by atoms with E-state index in [1.165, 1.54) is 0 Å². The van der Waals surface area contributed by atoms with Gasteiger partial charge in [-0.25, -0.2) is 19.9 Å². The molecule has 4 N–H and O–H groups in total. The fraction of sp³-hybridized carbons (Fsp3) is 0.250. The van der Waals surface area contributed by atoms with Crippen LogP contribution in [-0.4, -0.2) is 68.4 Å². The Morgan fingerprint density at radius 2 is 0.982 bits per heavy atom. The third kappa shape index (κ3) is 10.4. The highest BCUT2D eigenvalue weighted by Crippen LogP contribution is 2.29. The van der Waals surface area contributed by atoms with Crippen molar-refractivity contribution in [2.45, 2.75) is 37.8 Å². The molecule has 4 heterocycles. The highest BCUT2D eigenvalue weighted by Gasteiger charge is 2.24. The van der Waals surface area contributed by atoms with E-state index in [9.17, 15) is 0 Å². The van der Waals surface area contributed by atoms with E-state index in [0.717, 1.165) is 96.7 Å². The number of rotatable bonds is 6. The maximum atomic E-state index is 6.08. The minimum atomic E-state index is 0.318. The summed E-state index contributed by atoms with van der Waals surface area (Å²) in [4.78, 5) is 22.3. The van der Waals surface area contributed by atoms with Crippen LogP contribution in [0.1, 0.15) is 25.7 Å². The van der Waals surface area contributed by atoms with Crippen molar-refractivity contribution in [1.29, 1.82) is 0 Å². The number of hydrogen-bond acceptors (Lipinski definition) is 8. The van der Waals surface area contributed by atoms with Crippen molar-refractivity contribution in [3.63, 3.8) is 0 Å². The van der Waals surface area contributed by atoms with Gasteiger partial charge in [-0.3, -0.25) is 0 Å². The number of nitrogens with zero attached hydrogens (tertiary/aromatic N) is 6. The highest BCUT2D eigenvalue weighted by molar-refractivity contribution is 7.80. The van der Waals surface area contributed by atoms with Gasteiger partial charge in [0.1, 0.15) is 24.3 Å². The molecule has 2 aliphatic rings. The van der Waals surface area contributed by atoms with Gasteiger partial charge >= 0.3 is 0 Å². The van der Waals surface area contributed by atoms with Gasteiger partial charge in [-0.05, 0) is 117 Å². The Hall–Kier alpha value is -4.59. The second-order valence-corrected chi connectivity index (χ2v) is 15.4. The predicted molar refractivity (Wildman–Crippen MR) is 236 cm³/mol. The summed E-state index contributed by atoms with van der Waals surface area (Å²) in [5.74, 6) is 1.93. The number of aromatic nitrogens is 4. The van der Waals surface area contributed by atoms with Crippen LogP contribution in [0.4, 0.5) is 23.0 Å². The molecule has 2 saturated heterocycles. The van der Waals surface area contributed by atoms with Gasteiger partial charge in [0, 0.05) is 75.5 Å². The summed E-state index contributed by atoms with van der Waals surface area (Å²) in [5.41, 5.74) is 3.62. The summed E-state index contributed by atoms with van der Waals surface area (Å²) in [7, 11) is 0. The molecule has 2 aliphatic heterocycles. The molecular weight excluding hydrogens is 791 g/mol. The van der Waals surface area contributed by atoms with Gasteiger partial charge < -0.3 is 31.1 Å². The van der Waals surface area contributed by atoms with Gasteiger partial charge in [0.05, 0.1) is 11.0 Å². The number of halogens is 3. The fourth-order valence-corrected chi connectivity index (χ4v) is 7.89. The van der Waals surface area contributed by atoms with Crippen LogP contribution in [0.5, 0.6) is 0 Å². The SMILES string of the molecule is S=C(Nc1cccc(Cl)c1)NC1CCN(c2ncnc3cc(Cl)ccc23)CC1.S=C(Nc1ccccc1)NC1CCN(c2ncnc3cc(Cl)ccc23)CC1. The Labute approximate surface area is 346 Å². The molecule has 2 fully saturated rings. The Balaban J connectivity index is 0.000000169. The summed E-state index contributed by atoms with van der Waals surface area (Å²) < 4.78 is 0. The number of anilines is 4. The zero-order valence-corrected chi connectivity index (χ0v) is 33.7. The molecule has 6 aromatic rings. The molecule has 0 aliphatic carbocycles. The smallest absolute Gasteiger partial charge is 0.170 e. The minimum Gasteiger partial charge on any atom is -0.360 e. The first-order valence-electron chi connectivity index (χ1n) is 18.0. The third-order valence-electron chi connectivity index (χ3n) is 9.53. The Morgan fingerprint density at radius 3 is 1.47 bits per heavy atom. The van der Waals surface area contributed by atoms with Crippen LogP contribution in [0, 0.1) is 0 Å². The first kappa shape index (κ1) is 38.7. The van der Waals surface area contributed by atoms with E-state index < -0.39 is 0 Å². The van der Waals surface area contributed by atoms with Gasteiger partial charge in [0.2, 0.25) is 0 Å². The van der Waals surface area contributed by atoms with Crippen LogP contribution in [0.15, 0.2) is 104 Å². The molecule has 10 nitrogen and oxygen atoms in total. The van der Waals surface area contributed by atoms with E-state index in [4.69, 9.17) is 59.2 Å². The zero-order valence-electron chi connectivity index (χ0n) is 29.8. The second-order valence-electron chi connectivity index (χ2n) is 13.3. The monoisotopic (exact) mass is 828 g/mol. The van der Waals surface area contributed by atoms with Gasteiger partial charge in [-0.2, -0.15) is 0 Å². The lowest BCUT2D eigenvalue weighted by atomic mass is 10.0. The lowest BCUT2D eigenvalue weighted by Gasteiger charge is -2.34. The van der Waals surface area contributed by atoms with Crippen LogP contribution in [-0.2, 0) is 0 Å². The average molecular weight is 830 g/mol. The van der Waals surface area contributed by atoms with Gasteiger partial charge in [-0.15, -0.1) is 0 Å². The molecule has 0 radical (unpaired) electrons. The molecule has 8 rings (SSSR count). The van der Waals surface area contributed by atoms with E-state index >= 15 is 0 Å². The summed E-state index contributed by atoms with van der Waals surface area (Å²) in [6, 6.07) is 29.7. The lowest BCUT2D eigenvalue weighted by Crippen LogP contribution is -2.46. The summed E-state index contributed by atoms with van der Waals surface area (Å²) in [6.45, 7) is 3.62. The van der Waals surface area contributed by atoms with Crippen molar-refractivity contribution in [3.05, 3.63) is 119 Å². The summed E-state index contributed by atoms with van der Waals surface area (Å²) in [6.07, 6.45) is 7.14. The average Bonchev–Trinajstić information content (AvgIpc) is 3.18. The number of fused-ring (bicyclic) bond motifs is 2. The first-order valence-corrected chi connectivity index (χ1v) is 20.0. The maximum Gasteiger partial charge on any atom is 0.170 e. The van der Waals surface area contributed by atoms with Crippen molar-refractivity contribution in [3.8, 4) is 0 Å². The molecule has 55 heavy (non-hydrogen) atoms. The van der Waals surface area contributed by atoms with Crippen LogP contribution in [0.25, 0.3) is 21.8 Å². The number of nitrogens with one attached hydrogen (secondary N) is 4. The second kappa shape index (κ2) is 18.4. The predicted octanol–water partition coefficient (Wildman–Crippen LogP) is 9.13. The molecule has 0 bridgehead atoms. The number of piperidine rings is 2. The summed E-state index contributed by atoms with van der Waals surface area (Å²) >= 11 is 29.1. The van der Waals surface area contributed by atoms with Crippen molar-refractivity contribution in [1.82, 2.24) is 30.6 Å². The van der Waals surface area contributed by atoms with Crippen LogP contribution < -0.4 is 31.1 Å². The number of benzene rings is 4. The minimum absolute atomic E-state index is 0.318. The van der Waals surface area contributed by atoms with Gasteiger partial charge in [0.15, 0.2) is 10.2 Å². The normalized spacial score (nSPS) is 14.9. The maximum absolute atomic E-state index is 6.08. The molecule has 0 amide bonds. The van der Waals surface area contributed by atoms with Crippen molar-refractivity contribution in [2.24, 2.45) is 0 Å². The highest BCUT2D eigenvalue weighted by atomic mass is 35.5. The van der Waals surface area contributed by atoms with Gasteiger partial charge in [0.25, 0.3) is 0 Å². The quantitative estimate of drug-likeness (QED) is 0.120. The molecule has 0 atom stereocenters. The van der Waals surface area contributed by atoms with Gasteiger partial charge in [-0.1, -0.05) is 59.1 Å². The largest absolute Gasteiger partial charge is 0.360 e. The van der Waals surface area contributed by atoms with Crippen LogP contribution in [0.3, 0.4) is 0 Å². The van der Waals surface area contributed by atoms with E-state index in [1.807, 2.05) is 91.0 Å². The standard InChI is InChI=1S/C20H19Cl2N5S.C20H20ClN5S/c21-13-2-1-3-16(10-13)26-20(28)25-15-6-8-27(9-7-15)19-17-5-4-14(22)11-18(17)23-12-24-19;21-14-6-7-17-18(12-14)22-13-23-19(17)26-10-8-16(9-11-26)25-20(27)24-15-4-2-1-3-5-15/h1-5,10-12,15H,6-9H2,(H2,25,26,28);1-7,12-13,16H,8-11H2,(H2,24,25,27). The zero-order chi connectivity index (χ0) is 38.1. The fourth-order valence-electron chi connectivity index (χ4n) is 6.80. The van der Waals surface area contributed by atoms with Crippen LogP contribution >= 0.6 is 59.2 Å².